The number of aryl methyl sites for hydroxylation is 1. The number of nitrogens with zero attached hydrogens (tertiary/aromatic N) is 2. The Balaban J connectivity index is 1.76. The molecular formula is C10H17N3O. The van der Waals surface area contributed by atoms with Gasteiger partial charge in [0, 0.05) is 6.42 Å². The molecule has 1 heterocycles. The quantitative estimate of drug-likeness (QED) is 0.802. The fraction of sp³-hybridized carbons (Fsp3) is 0.800. The second-order valence-electron chi connectivity index (χ2n) is 4.08. The van der Waals surface area contributed by atoms with Crippen molar-refractivity contribution in [2.24, 2.45) is 5.92 Å². The average Bonchev–Trinajstić information content (AvgIpc) is 2.63. The van der Waals surface area contributed by atoms with Gasteiger partial charge in [0.15, 0.2) is 0 Å². The van der Waals surface area contributed by atoms with Gasteiger partial charge in [0.2, 0.25) is 5.89 Å². The van der Waals surface area contributed by atoms with E-state index in [0.29, 0.717) is 5.89 Å². The first-order valence-electron chi connectivity index (χ1n) is 5.42. The number of hydrogen-bond donors (Lipinski definition) is 1. The van der Waals surface area contributed by atoms with Crippen LogP contribution in [0.25, 0.3) is 0 Å². The Bertz CT molecular complexity index is 279. The molecule has 78 valence electrons. The normalized spacial score (nSPS) is 18.6. The second-order valence-corrected chi connectivity index (χ2v) is 4.08. The minimum absolute atomic E-state index is 0.184. The third-order valence-corrected chi connectivity index (χ3v) is 2.97. The largest absolute Gasteiger partial charge is 0.408 e. The van der Waals surface area contributed by atoms with Crippen LogP contribution in [0, 0.1) is 5.92 Å². The molecule has 2 N–H and O–H groups in total. The summed E-state index contributed by atoms with van der Waals surface area (Å²) in [5, 5.41) is 7.50. The van der Waals surface area contributed by atoms with E-state index < -0.39 is 0 Å². The molecule has 4 heteroatoms. The molecule has 1 aromatic rings. The Hall–Kier alpha value is -1.06. The van der Waals surface area contributed by atoms with Gasteiger partial charge in [-0.05, 0) is 12.3 Å². The zero-order chi connectivity index (χ0) is 9.80. The molecule has 2 rings (SSSR count). The van der Waals surface area contributed by atoms with Crippen molar-refractivity contribution in [2.75, 3.05) is 5.73 Å². The van der Waals surface area contributed by atoms with Crippen LogP contribution in [-0.2, 0) is 6.42 Å². The van der Waals surface area contributed by atoms with Crippen LogP contribution < -0.4 is 5.73 Å². The molecule has 1 aliphatic rings. The van der Waals surface area contributed by atoms with Crippen LogP contribution in [0.5, 0.6) is 0 Å². The Morgan fingerprint density at radius 1 is 1.21 bits per heavy atom. The number of anilines is 1. The molecule has 0 saturated heterocycles. The highest BCUT2D eigenvalue weighted by Crippen LogP contribution is 2.27. The highest BCUT2D eigenvalue weighted by molar-refractivity contribution is 5.04. The summed E-state index contributed by atoms with van der Waals surface area (Å²) in [4.78, 5) is 0. The Labute approximate surface area is 83.9 Å². The lowest BCUT2D eigenvalue weighted by Crippen LogP contribution is -2.07. The molecule has 0 atom stereocenters. The number of aromatic nitrogens is 2. The van der Waals surface area contributed by atoms with Crippen molar-refractivity contribution in [3.63, 3.8) is 0 Å². The van der Waals surface area contributed by atoms with Crippen molar-refractivity contribution >= 4 is 6.01 Å². The number of nitrogen functional groups attached to an aromatic ring is 1. The first-order chi connectivity index (χ1) is 6.84. The fourth-order valence-electron chi connectivity index (χ4n) is 2.17. The highest BCUT2D eigenvalue weighted by Gasteiger charge is 2.14. The SMILES string of the molecule is Nc1nnc(CCC2CCCCC2)o1. The minimum atomic E-state index is 0.184. The van der Waals surface area contributed by atoms with Crippen LogP contribution >= 0.6 is 0 Å². The summed E-state index contributed by atoms with van der Waals surface area (Å²) in [5.74, 6) is 1.55. The molecule has 14 heavy (non-hydrogen) atoms. The van der Waals surface area contributed by atoms with Crippen molar-refractivity contribution in [2.45, 2.75) is 44.9 Å². The first kappa shape index (κ1) is 9.49. The zero-order valence-corrected chi connectivity index (χ0v) is 8.41. The van der Waals surface area contributed by atoms with Gasteiger partial charge in [0.05, 0.1) is 0 Å². The minimum Gasteiger partial charge on any atom is -0.408 e. The van der Waals surface area contributed by atoms with Crippen molar-refractivity contribution in [1.82, 2.24) is 10.2 Å². The van der Waals surface area contributed by atoms with Gasteiger partial charge in [0.1, 0.15) is 0 Å². The van der Waals surface area contributed by atoms with Gasteiger partial charge >= 0.3 is 6.01 Å². The lowest BCUT2D eigenvalue weighted by molar-refractivity contribution is 0.329. The summed E-state index contributed by atoms with van der Waals surface area (Å²) in [5.41, 5.74) is 5.35. The fourth-order valence-corrected chi connectivity index (χ4v) is 2.17. The van der Waals surface area contributed by atoms with Crippen LogP contribution in [0.3, 0.4) is 0 Å². The monoisotopic (exact) mass is 195 g/mol. The highest BCUT2D eigenvalue weighted by atomic mass is 16.4. The summed E-state index contributed by atoms with van der Waals surface area (Å²) in [6.45, 7) is 0. The van der Waals surface area contributed by atoms with Crippen LogP contribution in [0.2, 0.25) is 0 Å². The van der Waals surface area contributed by atoms with E-state index in [0.717, 1.165) is 12.3 Å². The molecular weight excluding hydrogens is 178 g/mol. The molecule has 0 unspecified atom stereocenters. The number of nitrogens with two attached hydrogens (primary N) is 1. The molecule has 0 radical (unpaired) electrons. The average molecular weight is 195 g/mol. The molecule has 0 amide bonds. The van der Waals surface area contributed by atoms with Gasteiger partial charge in [-0.2, -0.15) is 0 Å². The summed E-state index contributed by atoms with van der Waals surface area (Å²) in [7, 11) is 0. The van der Waals surface area contributed by atoms with E-state index in [1.54, 1.807) is 0 Å². The third-order valence-electron chi connectivity index (χ3n) is 2.97. The molecule has 0 aromatic carbocycles. The van der Waals surface area contributed by atoms with Crippen molar-refractivity contribution in [1.29, 1.82) is 0 Å². The molecule has 0 aliphatic heterocycles. The predicted octanol–water partition coefficient (Wildman–Crippen LogP) is 2.16. The van der Waals surface area contributed by atoms with Crippen LogP contribution in [0.1, 0.15) is 44.4 Å². The van der Waals surface area contributed by atoms with E-state index in [9.17, 15) is 0 Å². The molecule has 0 spiro atoms. The summed E-state index contributed by atoms with van der Waals surface area (Å²) >= 11 is 0. The van der Waals surface area contributed by atoms with E-state index in [4.69, 9.17) is 10.2 Å². The van der Waals surface area contributed by atoms with Gasteiger partial charge in [0.25, 0.3) is 0 Å². The van der Waals surface area contributed by atoms with E-state index in [-0.39, 0.29) is 6.01 Å². The summed E-state index contributed by atoms with van der Waals surface area (Å²) in [6, 6.07) is 0.184. The maximum absolute atomic E-state index is 5.35. The van der Waals surface area contributed by atoms with Gasteiger partial charge < -0.3 is 10.2 Å². The van der Waals surface area contributed by atoms with Crippen LogP contribution in [0.4, 0.5) is 6.01 Å². The Morgan fingerprint density at radius 2 is 2.00 bits per heavy atom. The van der Waals surface area contributed by atoms with Gasteiger partial charge in [-0.25, -0.2) is 0 Å². The smallest absolute Gasteiger partial charge is 0.312 e. The summed E-state index contributed by atoms with van der Waals surface area (Å²) in [6.07, 6.45) is 8.96. The van der Waals surface area contributed by atoms with Gasteiger partial charge in [-0.3, -0.25) is 0 Å². The molecule has 1 fully saturated rings. The first-order valence-corrected chi connectivity index (χ1v) is 5.42. The van der Waals surface area contributed by atoms with Crippen LogP contribution in [-0.4, -0.2) is 10.2 Å². The zero-order valence-electron chi connectivity index (χ0n) is 8.41. The van der Waals surface area contributed by atoms with Gasteiger partial charge in [-0.1, -0.05) is 37.2 Å². The number of hydrogen-bond acceptors (Lipinski definition) is 4. The molecule has 1 saturated carbocycles. The van der Waals surface area contributed by atoms with Gasteiger partial charge in [-0.15, -0.1) is 5.10 Å². The molecule has 0 bridgehead atoms. The van der Waals surface area contributed by atoms with Crippen molar-refractivity contribution < 1.29 is 4.42 Å². The topological polar surface area (TPSA) is 64.9 Å². The molecule has 4 nitrogen and oxygen atoms in total. The van der Waals surface area contributed by atoms with Crippen molar-refractivity contribution in [3.8, 4) is 0 Å². The Kier molecular flexibility index (Phi) is 3.01. The molecule has 1 aromatic heterocycles. The van der Waals surface area contributed by atoms with Crippen LogP contribution in [0.15, 0.2) is 4.42 Å². The van der Waals surface area contributed by atoms with E-state index >= 15 is 0 Å². The second kappa shape index (κ2) is 4.44. The maximum atomic E-state index is 5.35. The van der Waals surface area contributed by atoms with E-state index in [2.05, 4.69) is 10.2 Å². The maximum Gasteiger partial charge on any atom is 0.312 e. The van der Waals surface area contributed by atoms with E-state index in [1.165, 1.54) is 38.5 Å². The lowest BCUT2D eigenvalue weighted by atomic mass is 9.86. The number of rotatable bonds is 3. The third kappa shape index (κ3) is 2.47. The predicted molar refractivity (Wildman–Crippen MR) is 53.6 cm³/mol. The lowest BCUT2D eigenvalue weighted by Gasteiger charge is -2.20. The molecule has 1 aliphatic carbocycles. The van der Waals surface area contributed by atoms with E-state index in [1.807, 2.05) is 0 Å². The standard InChI is InChI=1S/C10H17N3O/c11-10-13-12-9(14-10)7-6-8-4-2-1-3-5-8/h8H,1-7H2,(H2,11,13). The Morgan fingerprint density at radius 3 is 2.64 bits per heavy atom. The van der Waals surface area contributed by atoms with Crippen molar-refractivity contribution in [3.05, 3.63) is 5.89 Å². The summed E-state index contributed by atoms with van der Waals surface area (Å²) < 4.78 is 5.13.